The van der Waals surface area contributed by atoms with E-state index in [9.17, 15) is 32.9 Å². The van der Waals surface area contributed by atoms with Crippen molar-refractivity contribution in [1.29, 1.82) is 0 Å². The smallest absolute Gasteiger partial charge is 0.368 e. The fourth-order valence-electron chi connectivity index (χ4n) is 4.08. The molecule has 0 aliphatic carbocycles. The predicted molar refractivity (Wildman–Crippen MR) is 117 cm³/mol. The van der Waals surface area contributed by atoms with Crippen molar-refractivity contribution in [2.75, 3.05) is 36.0 Å². The van der Waals surface area contributed by atoms with Crippen LogP contribution in [0.1, 0.15) is 5.56 Å². The molecule has 0 amide bonds. The molecule has 0 bridgehead atoms. The molecule has 0 spiro atoms. The third-order valence-electron chi connectivity index (χ3n) is 5.94. The van der Waals surface area contributed by atoms with E-state index in [-0.39, 0.29) is 16.9 Å². The summed E-state index contributed by atoms with van der Waals surface area (Å²) >= 11 is 0. The average molecular weight is 463 g/mol. The van der Waals surface area contributed by atoms with Gasteiger partial charge in [-0.2, -0.15) is 13.2 Å². The van der Waals surface area contributed by atoms with E-state index in [1.165, 1.54) is 32.3 Å². The summed E-state index contributed by atoms with van der Waals surface area (Å²) in [5, 5.41) is 11.8. The minimum absolute atomic E-state index is 0.219. The first-order chi connectivity index (χ1) is 15.5. The third-order valence-corrected chi connectivity index (χ3v) is 5.94. The number of nitro groups is 1. The summed E-state index contributed by atoms with van der Waals surface area (Å²) < 4.78 is 41.4. The lowest BCUT2D eigenvalue weighted by Crippen LogP contribution is -2.47. The van der Waals surface area contributed by atoms with E-state index in [4.69, 9.17) is 0 Å². The number of nitro benzene ring substituents is 1. The standard InChI is InChI=1S/C21H20F3N5O4/c1-25-15-11-17(18(29(32)33)12-16(15)26(2)20(31)19(25)30)28-8-6-27(7-9-28)14-5-3-4-13(10-14)21(22,23)24/h3-5,10-12H,6-9H2,1-2H3. The molecule has 2 heterocycles. The second kappa shape index (κ2) is 7.94. The van der Waals surface area contributed by atoms with Crippen LogP contribution in [0.3, 0.4) is 0 Å². The molecule has 0 unspecified atom stereocenters. The van der Waals surface area contributed by atoms with E-state index >= 15 is 0 Å². The van der Waals surface area contributed by atoms with Crippen LogP contribution in [-0.2, 0) is 20.3 Å². The van der Waals surface area contributed by atoms with Crippen LogP contribution in [0.15, 0.2) is 46.0 Å². The summed E-state index contributed by atoms with van der Waals surface area (Å²) in [6.07, 6.45) is -4.44. The Hall–Kier alpha value is -3.83. The highest BCUT2D eigenvalue weighted by molar-refractivity contribution is 5.86. The molecule has 2 aromatic carbocycles. The average Bonchev–Trinajstić information content (AvgIpc) is 2.80. The summed E-state index contributed by atoms with van der Waals surface area (Å²) in [4.78, 5) is 39.1. The molecule has 1 aliphatic rings. The number of nitrogens with zero attached hydrogens (tertiary/aromatic N) is 5. The molecule has 1 saturated heterocycles. The number of fused-ring (bicyclic) bond motifs is 1. The Morgan fingerprint density at radius 3 is 1.97 bits per heavy atom. The molecule has 0 atom stereocenters. The first-order valence-electron chi connectivity index (χ1n) is 10.0. The number of anilines is 2. The molecule has 12 heteroatoms. The second-order valence-electron chi connectivity index (χ2n) is 7.84. The Kier molecular flexibility index (Phi) is 5.38. The molecule has 0 radical (unpaired) electrons. The van der Waals surface area contributed by atoms with E-state index in [1.807, 2.05) is 0 Å². The molecule has 0 saturated carbocycles. The van der Waals surface area contributed by atoms with Gasteiger partial charge in [0.25, 0.3) is 5.69 Å². The van der Waals surface area contributed by atoms with Gasteiger partial charge in [-0.3, -0.25) is 19.7 Å². The Labute approximate surface area is 185 Å². The maximum Gasteiger partial charge on any atom is 0.416 e. The van der Waals surface area contributed by atoms with Gasteiger partial charge in [0.2, 0.25) is 0 Å². The number of hydrogen-bond acceptors (Lipinski definition) is 6. The molecule has 33 heavy (non-hydrogen) atoms. The van der Waals surface area contributed by atoms with Gasteiger partial charge in [0.1, 0.15) is 5.69 Å². The van der Waals surface area contributed by atoms with E-state index in [0.717, 1.165) is 21.3 Å². The van der Waals surface area contributed by atoms with Crippen LogP contribution in [-0.4, -0.2) is 40.2 Å². The molecule has 9 nitrogen and oxygen atoms in total. The zero-order valence-corrected chi connectivity index (χ0v) is 17.8. The van der Waals surface area contributed by atoms with Crippen molar-refractivity contribution in [3.63, 3.8) is 0 Å². The van der Waals surface area contributed by atoms with Crippen molar-refractivity contribution in [3.05, 3.63) is 72.8 Å². The van der Waals surface area contributed by atoms with Crippen molar-refractivity contribution in [2.45, 2.75) is 6.18 Å². The molecule has 174 valence electrons. The number of benzene rings is 2. The Bertz CT molecular complexity index is 1370. The summed E-state index contributed by atoms with van der Waals surface area (Å²) in [7, 11) is 2.80. The van der Waals surface area contributed by atoms with Gasteiger partial charge < -0.3 is 18.9 Å². The van der Waals surface area contributed by atoms with Crippen LogP contribution in [0.4, 0.5) is 30.2 Å². The number of rotatable bonds is 3. The van der Waals surface area contributed by atoms with E-state index in [0.29, 0.717) is 37.4 Å². The van der Waals surface area contributed by atoms with Crippen molar-refractivity contribution < 1.29 is 18.1 Å². The monoisotopic (exact) mass is 463 g/mol. The van der Waals surface area contributed by atoms with Crippen LogP contribution < -0.4 is 20.9 Å². The minimum atomic E-state index is -4.44. The van der Waals surface area contributed by atoms with Crippen molar-refractivity contribution in [3.8, 4) is 0 Å². The summed E-state index contributed by atoms with van der Waals surface area (Å²) in [5.41, 5.74) is -1.17. The number of aryl methyl sites for hydroxylation is 2. The number of hydrogen-bond donors (Lipinski definition) is 0. The molecule has 1 aliphatic heterocycles. The fourth-order valence-corrected chi connectivity index (χ4v) is 4.08. The fraction of sp³-hybridized carbons (Fsp3) is 0.333. The number of aromatic nitrogens is 2. The number of alkyl halides is 3. The summed E-state index contributed by atoms with van der Waals surface area (Å²) in [5.74, 6) is 0. The molecule has 1 fully saturated rings. The lowest BCUT2D eigenvalue weighted by atomic mass is 10.1. The SMILES string of the molecule is Cn1c(=O)c(=O)n(C)c2cc([N+](=O)[O-])c(N3CCN(c4cccc(C(F)(F)F)c4)CC3)cc21. The van der Waals surface area contributed by atoms with Gasteiger partial charge in [-0.25, -0.2) is 0 Å². The van der Waals surface area contributed by atoms with Crippen LogP contribution in [0, 0.1) is 10.1 Å². The minimum Gasteiger partial charge on any atom is -0.368 e. The Morgan fingerprint density at radius 1 is 0.879 bits per heavy atom. The van der Waals surface area contributed by atoms with Gasteiger partial charge in [-0.05, 0) is 24.3 Å². The first kappa shape index (κ1) is 22.4. The van der Waals surface area contributed by atoms with Gasteiger partial charge >= 0.3 is 17.3 Å². The van der Waals surface area contributed by atoms with Crippen LogP contribution in [0.2, 0.25) is 0 Å². The summed E-state index contributed by atoms with van der Waals surface area (Å²) in [6.45, 7) is 1.34. The zero-order chi connectivity index (χ0) is 24.1. The van der Waals surface area contributed by atoms with Gasteiger partial charge in [0.05, 0.1) is 21.5 Å². The zero-order valence-electron chi connectivity index (χ0n) is 17.8. The number of piperazine rings is 1. The first-order valence-corrected chi connectivity index (χ1v) is 10.0. The maximum atomic E-state index is 13.0. The largest absolute Gasteiger partial charge is 0.416 e. The lowest BCUT2D eigenvalue weighted by Gasteiger charge is -2.37. The van der Waals surface area contributed by atoms with Crippen molar-refractivity contribution in [2.24, 2.45) is 14.1 Å². The molecule has 3 aromatic rings. The Morgan fingerprint density at radius 2 is 1.42 bits per heavy atom. The molecular formula is C21H20F3N5O4. The molecule has 1 aromatic heterocycles. The maximum absolute atomic E-state index is 13.0. The van der Waals surface area contributed by atoms with Crippen molar-refractivity contribution in [1.82, 2.24) is 9.13 Å². The third kappa shape index (κ3) is 3.92. The summed E-state index contributed by atoms with van der Waals surface area (Å²) in [6, 6.07) is 7.82. The van der Waals surface area contributed by atoms with E-state index < -0.39 is 27.8 Å². The normalized spacial score (nSPS) is 14.7. The van der Waals surface area contributed by atoms with E-state index in [2.05, 4.69) is 0 Å². The molecule has 0 N–H and O–H groups in total. The van der Waals surface area contributed by atoms with Crippen LogP contribution in [0.5, 0.6) is 0 Å². The van der Waals surface area contributed by atoms with Gasteiger partial charge in [-0.15, -0.1) is 0 Å². The number of halogens is 3. The van der Waals surface area contributed by atoms with Crippen LogP contribution >= 0.6 is 0 Å². The highest BCUT2D eigenvalue weighted by Crippen LogP contribution is 2.35. The predicted octanol–water partition coefficient (Wildman–Crippen LogP) is 2.49. The highest BCUT2D eigenvalue weighted by atomic mass is 19.4. The van der Waals surface area contributed by atoms with Crippen LogP contribution in [0.25, 0.3) is 11.0 Å². The van der Waals surface area contributed by atoms with E-state index in [1.54, 1.807) is 15.9 Å². The van der Waals surface area contributed by atoms with Gasteiger partial charge in [0, 0.05) is 52.0 Å². The molecular weight excluding hydrogens is 443 g/mol. The van der Waals surface area contributed by atoms with Gasteiger partial charge in [0.15, 0.2) is 0 Å². The van der Waals surface area contributed by atoms with Gasteiger partial charge in [-0.1, -0.05) is 6.07 Å². The second-order valence-corrected chi connectivity index (χ2v) is 7.84. The highest BCUT2D eigenvalue weighted by Gasteiger charge is 2.31. The Balaban J connectivity index is 1.68. The van der Waals surface area contributed by atoms with Crippen molar-refractivity contribution >= 4 is 28.1 Å². The topological polar surface area (TPSA) is 93.6 Å². The molecule has 4 rings (SSSR count). The lowest BCUT2D eigenvalue weighted by molar-refractivity contribution is -0.384. The quantitative estimate of drug-likeness (QED) is 0.337.